The van der Waals surface area contributed by atoms with Gasteiger partial charge in [0.2, 0.25) is 5.91 Å². The number of carbonyl (C=O) groups excluding carboxylic acids is 1. The molecule has 5 nitrogen and oxygen atoms in total. The molecule has 2 saturated heterocycles. The quantitative estimate of drug-likeness (QED) is 0.890. The van der Waals surface area contributed by atoms with E-state index in [0.29, 0.717) is 5.91 Å². The summed E-state index contributed by atoms with van der Waals surface area (Å²) in [7, 11) is 0. The second-order valence-electron chi connectivity index (χ2n) is 5.97. The van der Waals surface area contributed by atoms with Gasteiger partial charge in [0.15, 0.2) is 0 Å². The lowest BCUT2D eigenvalue weighted by Gasteiger charge is -2.37. The lowest BCUT2D eigenvalue weighted by molar-refractivity contribution is -0.137. The number of nitrogens with one attached hydrogen (secondary N) is 1. The van der Waals surface area contributed by atoms with E-state index >= 15 is 0 Å². The molecule has 0 aliphatic carbocycles. The molecule has 0 radical (unpaired) electrons. The van der Waals surface area contributed by atoms with E-state index in [1.54, 1.807) is 0 Å². The van der Waals surface area contributed by atoms with Crippen LogP contribution >= 0.6 is 0 Å². The highest BCUT2D eigenvalue weighted by atomic mass is 16.2. The minimum absolute atomic E-state index is 0.195. The second kappa shape index (κ2) is 7.00. The molecule has 5 heteroatoms. The Balaban J connectivity index is 1.47. The van der Waals surface area contributed by atoms with Gasteiger partial charge in [-0.3, -0.25) is 14.7 Å². The average molecular weight is 288 g/mol. The molecule has 1 atom stereocenters. The molecule has 21 heavy (non-hydrogen) atoms. The molecule has 2 fully saturated rings. The van der Waals surface area contributed by atoms with Crippen molar-refractivity contribution in [2.24, 2.45) is 5.92 Å². The Labute approximate surface area is 126 Å². The van der Waals surface area contributed by atoms with Crippen LogP contribution in [0.15, 0.2) is 24.4 Å². The minimum Gasteiger partial charge on any atom is -0.340 e. The molecular weight excluding hydrogens is 264 g/mol. The molecule has 3 heterocycles. The van der Waals surface area contributed by atoms with Gasteiger partial charge < -0.3 is 10.2 Å². The smallest absolute Gasteiger partial charge is 0.227 e. The fraction of sp³-hybridized carbons (Fsp3) is 0.625. The van der Waals surface area contributed by atoms with Crippen LogP contribution in [0.4, 0.5) is 0 Å². The second-order valence-corrected chi connectivity index (χ2v) is 5.97. The van der Waals surface area contributed by atoms with Gasteiger partial charge in [-0.2, -0.15) is 0 Å². The van der Waals surface area contributed by atoms with E-state index < -0.39 is 0 Å². The van der Waals surface area contributed by atoms with Crippen LogP contribution < -0.4 is 5.32 Å². The predicted octanol–water partition coefficient (Wildman–Crippen LogP) is 0.725. The Hall–Kier alpha value is -1.46. The number of piperazine rings is 1. The van der Waals surface area contributed by atoms with Crippen molar-refractivity contribution in [3.05, 3.63) is 30.1 Å². The summed E-state index contributed by atoms with van der Waals surface area (Å²) in [6.45, 7) is 6.39. The molecule has 0 saturated carbocycles. The summed E-state index contributed by atoms with van der Waals surface area (Å²) < 4.78 is 0. The maximum Gasteiger partial charge on any atom is 0.227 e. The van der Waals surface area contributed by atoms with E-state index in [2.05, 4.69) is 21.3 Å². The maximum absolute atomic E-state index is 12.5. The summed E-state index contributed by atoms with van der Waals surface area (Å²) in [5.41, 5.74) is 1.11. The molecule has 0 unspecified atom stereocenters. The van der Waals surface area contributed by atoms with Gasteiger partial charge in [-0.15, -0.1) is 0 Å². The molecule has 0 bridgehead atoms. The van der Waals surface area contributed by atoms with Crippen molar-refractivity contribution >= 4 is 5.91 Å². The first-order valence-electron chi connectivity index (χ1n) is 7.95. The Morgan fingerprint density at radius 2 is 2.14 bits per heavy atom. The highest BCUT2D eigenvalue weighted by Gasteiger charge is 2.28. The Kier molecular flexibility index (Phi) is 4.83. The van der Waals surface area contributed by atoms with E-state index in [9.17, 15) is 4.79 Å². The highest BCUT2D eigenvalue weighted by molar-refractivity contribution is 5.79. The van der Waals surface area contributed by atoms with Crippen molar-refractivity contribution in [1.29, 1.82) is 0 Å². The number of hydrogen-bond donors (Lipinski definition) is 1. The van der Waals surface area contributed by atoms with E-state index in [1.165, 1.54) is 0 Å². The molecule has 1 aromatic heterocycles. The largest absolute Gasteiger partial charge is 0.340 e. The molecule has 3 rings (SSSR count). The van der Waals surface area contributed by atoms with Crippen LogP contribution in [0.5, 0.6) is 0 Å². The van der Waals surface area contributed by atoms with Crippen LogP contribution in [0.3, 0.4) is 0 Å². The SMILES string of the molecule is O=C([C@@H]1CCCNC1)N1CCN(Cc2ccccn2)CC1. The van der Waals surface area contributed by atoms with Crippen molar-refractivity contribution in [1.82, 2.24) is 20.1 Å². The number of nitrogens with zero attached hydrogens (tertiary/aromatic N) is 3. The molecule has 0 aromatic carbocycles. The van der Waals surface area contributed by atoms with Crippen LogP contribution in [0.25, 0.3) is 0 Å². The van der Waals surface area contributed by atoms with Crippen molar-refractivity contribution in [2.45, 2.75) is 19.4 Å². The number of carbonyl (C=O) groups is 1. The Morgan fingerprint density at radius 3 is 2.81 bits per heavy atom. The van der Waals surface area contributed by atoms with Crippen molar-refractivity contribution in [3.63, 3.8) is 0 Å². The minimum atomic E-state index is 0.195. The molecule has 1 amide bonds. The predicted molar refractivity (Wildman–Crippen MR) is 81.7 cm³/mol. The first kappa shape index (κ1) is 14.5. The maximum atomic E-state index is 12.5. The summed E-state index contributed by atoms with van der Waals surface area (Å²) in [6.07, 6.45) is 4.00. The van der Waals surface area contributed by atoms with Gasteiger partial charge in [-0.1, -0.05) is 6.07 Å². The summed E-state index contributed by atoms with van der Waals surface area (Å²) in [5, 5.41) is 3.33. The molecule has 2 aliphatic heterocycles. The first-order chi connectivity index (χ1) is 10.3. The van der Waals surface area contributed by atoms with Gasteiger partial charge in [0.25, 0.3) is 0 Å². The topological polar surface area (TPSA) is 48.5 Å². The fourth-order valence-electron chi connectivity index (χ4n) is 3.17. The van der Waals surface area contributed by atoms with Crippen LogP contribution in [0.1, 0.15) is 18.5 Å². The summed E-state index contributed by atoms with van der Waals surface area (Å²) >= 11 is 0. The van der Waals surface area contributed by atoms with Crippen LogP contribution in [-0.4, -0.2) is 60.0 Å². The zero-order valence-electron chi connectivity index (χ0n) is 12.5. The van der Waals surface area contributed by atoms with E-state index in [-0.39, 0.29) is 5.92 Å². The average Bonchev–Trinajstić information content (AvgIpc) is 2.57. The molecule has 1 aromatic rings. The molecule has 1 N–H and O–H groups in total. The summed E-state index contributed by atoms with van der Waals surface area (Å²) in [5.74, 6) is 0.542. The zero-order chi connectivity index (χ0) is 14.5. The van der Waals surface area contributed by atoms with Gasteiger partial charge in [-0.25, -0.2) is 0 Å². The van der Waals surface area contributed by atoms with E-state index in [0.717, 1.165) is 64.3 Å². The van der Waals surface area contributed by atoms with Gasteiger partial charge in [0, 0.05) is 45.5 Å². The van der Waals surface area contributed by atoms with Crippen molar-refractivity contribution < 1.29 is 4.79 Å². The summed E-state index contributed by atoms with van der Waals surface area (Å²) in [4.78, 5) is 21.3. The number of pyridine rings is 1. The van der Waals surface area contributed by atoms with Gasteiger partial charge in [-0.05, 0) is 31.5 Å². The lowest BCUT2D eigenvalue weighted by atomic mass is 9.98. The number of amides is 1. The van der Waals surface area contributed by atoms with Gasteiger partial charge in [0.1, 0.15) is 0 Å². The van der Waals surface area contributed by atoms with Crippen LogP contribution in [0.2, 0.25) is 0 Å². The van der Waals surface area contributed by atoms with E-state index in [1.807, 2.05) is 23.2 Å². The third-order valence-corrected chi connectivity index (χ3v) is 4.44. The van der Waals surface area contributed by atoms with Crippen LogP contribution in [0, 0.1) is 5.92 Å². The molecule has 0 spiro atoms. The summed E-state index contributed by atoms with van der Waals surface area (Å²) in [6, 6.07) is 6.03. The number of rotatable bonds is 3. The first-order valence-corrected chi connectivity index (χ1v) is 7.95. The molecule has 114 valence electrons. The monoisotopic (exact) mass is 288 g/mol. The highest BCUT2D eigenvalue weighted by Crippen LogP contribution is 2.15. The molecular formula is C16H24N4O. The Morgan fingerprint density at radius 1 is 1.29 bits per heavy atom. The number of hydrogen-bond acceptors (Lipinski definition) is 4. The third kappa shape index (κ3) is 3.80. The third-order valence-electron chi connectivity index (χ3n) is 4.44. The zero-order valence-corrected chi connectivity index (χ0v) is 12.5. The van der Waals surface area contributed by atoms with Crippen LogP contribution in [-0.2, 0) is 11.3 Å². The number of piperidine rings is 1. The fourth-order valence-corrected chi connectivity index (χ4v) is 3.17. The lowest BCUT2D eigenvalue weighted by Crippen LogP contribution is -2.51. The van der Waals surface area contributed by atoms with Gasteiger partial charge in [0.05, 0.1) is 11.6 Å². The normalized spacial score (nSPS) is 24.0. The van der Waals surface area contributed by atoms with Crippen molar-refractivity contribution in [3.8, 4) is 0 Å². The molecule has 2 aliphatic rings. The Bertz CT molecular complexity index is 451. The standard InChI is InChI=1S/C16H24N4O/c21-16(14-4-3-6-17-12-14)20-10-8-19(9-11-20)13-15-5-1-2-7-18-15/h1-2,5,7,14,17H,3-4,6,8-13H2/t14-/m1/s1. The van der Waals surface area contributed by atoms with Crippen molar-refractivity contribution in [2.75, 3.05) is 39.3 Å². The van der Waals surface area contributed by atoms with Gasteiger partial charge >= 0.3 is 0 Å². The van der Waals surface area contributed by atoms with E-state index in [4.69, 9.17) is 0 Å². The number of aromatic nitrogens is 1.